The Morgan fingerprint density at radius 1 is 1.29 bits per heavy atom. The van der Waals surface area contributed by atoms with Crippen LogP contribution in [0.25, 0.3) is 11.0 Å². The predicted octanol–water partition coefficient (Wildman–Crippen LogP) is 3.96. The fourth-order valence-electron chi connectivity index (χ4n) is 3.35. The van der Waals surface area contributed by atoms with Crippen molar-refractivity contribution in [1.82, 2.24) is 5.32 Å². The summed E-state index contributed by atoms with van der Waals surface area (Å²) < 4.78 is 11.4. The molecule has 2 aromatic rings. The molecular formula is C18H25NO2. The molecule has 0 saturated heterocycles. The monoisotopic (exact) mass is 287 g/mol. The number of ether oxygens (including phenoxy) is 1. The Balaban J connectivity index is 1.67. The molecule has 0 spiro atoms. The van der Waals surface area contributed by atoms with Crippen LogP contribution < -0.4 is 5.32 Å². The van der Waals surface area contributed by atoms with Crippen LogP contribution in [0.15, 0.2) is 22.6 Å². The zero-order valence-corrected chi connectivity index (χ0v) is 13.3. The molecule has 1 heterocycles. The van der Waals surface area contributed by atoms with Crippen LogP contribution in [0.3, 0.4) is 0 Å². The number of rotatable bonds is 6. The van der Waals surface area contributed by atoms with Crippen molar-refractivity contribution in [3.8, 4) is 0 Å². The van der Waals surface area contributed by atoms with Crippen molar-refractivity contribution in [1.29, 1.82) is 0 Å². The number of methoxy groups -OCH3 is 1. The molecule has 0 radical (unpaired) electrons. The molecule has 1 aliphatic carbocycles. The minimum absolute atomic E-state index is 0.352. The summed E-state index contributed by atoms with van der Waals surface area (Å²) in [5.41, 5.74) is 3.88. The van der Waals surface area contributed by atoms with E-state index in [1.165, 1.54) is 35.8 Å². The third-order valence-corrected chi connectivity index (χ3v) is 4.84. The van der Waals surface area contributed by atoms with Crippen LogP contribution in [-0.2, 0) is 11.3 Å². The highest BCUT2D eigenvalue weighted by molar-refractivity contribution is 5.82. The van der Waals surface area contributed by atoms with E-state index in [-0.39, 0.29) is 0 Å². The van der Waals surface area contributed by atoms with E-state index in [0.29, 0.717) is 5.41 Å². The molecule has 1 N–H and O–H groups in total. The summed E-state index contributed by atoms with van der Waals surface area (Å²) in [5, 5.41) is 4.81. The molecule has 3 nitrogen and oxygen atoms in total. The van der Waals surface area contributed by atoms with Gasteiger partial charge in [-0.1, -0.05) is 18.1 Å². The lowest BCUT2D eigenvalue weighted by molar-refractivity contribution is 0.0174. The maximum Gasteiger partial charge on any atom is 0.134 e. The Kier molecular flexibility index (Phi) is 4.05. The Labute approximate surface area is 126 Å². The van der Waals surface area contributed by atoms with Gasteiger partial charge in [0.15, 0.2) is 0 Å². The molecule has 0 unspecified atom stereocenters. The molecule has 0 bridgehead atoms. The molecule has 1 saturated carbocycles. The number of fused-ring (bicyclic) bond motifs is 1. The number of benzene rings is 1. The lowest BCUT2D eigenvalue weighted by Crippen LogP contribution is -2.43. The molecule has 1 aromatic heterocycles. The van der Waals surface area contributed by atoms with Crippen molar-refractivity contribution < 1.29 is 9.15 Å². The molecule has 3 heteroatoms. The van der Waals surface area contributed by atoms with E-state index >= 15 is 0 Å². The fraction of sp³-hybridized carbons (Fsp3) is 0.556. The first-order valence-corrected chi connectivity index (χ1v) is 7.82. The van der Waals surface area contributed by atoms with Crippen LogP contribution in [0.4, 0.5) is 0 Å². The van der Waals surface area contributed by atoms with Crippen LogP contribution in [0.1, 0.15) is 36.1 Å². The number of aryl methyl sites for hydroxylation is 2. The molecule has 1 aliphatic rings. The standard InChI is InChI=1S/C18H25NO2/c1-13-5-6-16-15(9-13)14(2)17(21-16)10-19-11-18(12-20-3)7-4-8-18/h5-6,9,19H,4,7-8,10-12H2,1-3H3. The van der Waals surface area contributed by atoms with Crippen molar-refractivity contribution in [3.63, 3.8) is 0 Å². The fourth-order valence-corrected chi connectivity index (χ4v) is 3.35. The van der Waals surface area contributed by atoms with Gasteiger partial charge in [0.25, 0.3) is 0 Å². The summed E-state index contributed by atoms with van der Waals surface area (Å²) in [7, 11) is 1.80. The zero-order chi connectivity index (χ0) is 14.9. The topological polar surface area (TPSA) is 34.4 Å². The van der Waals surface area contributed by atoms with E-state index in [1.54, 1.807) is 7.11 Å². The summed E-state index contributed by atoms with van der Waals surface area (Å²) in [6.45, 7) is 6.94. The number of hydrogen-bond acceptors (Lipinski definition) is 3. The van der Waals surface area contributed by atoms with Crippen molar-refractivity contribution in [2.24, 2.45) is 5.41 Å². The molecule has 114 valence electrons. The zero-order valence-electron chi connectivity index (χ0n) is 13.3. The van der Waals surface area contributed by atoms with E-state index in [0.717, 1.165) is 31.0 Å². The maximum absolute atomic E-state index is 5.99. The number of nitrogens with one attached hydrogen (secondary N) is 1. The van der Waals surface area contributed by atoms with Gasteiger partial charge in [0, 0.05) is 24.5 Å². The SMILES string of the molecule is COCC1(CNCc2oc3ccc(C)cc3c2C)CCC1. The average molecular weight is 287 g/mol. The maximum atomic E-state index is 5.99. The highest BCUT2D eigenvalue weighted by atomic mass is 16.5. The van der Waals surface area contributed by atoms with Crippen molar-refractivity contribution in [2.45, 2.75) is 39.7 Å². The highest BCUT2D eigenvalue weighted by Crippen LogP contribution is 2.40. The van der Waals surface area contributed by atoms with Gasteiger partial charge >= 0.3 is 0 Å². The lowest BCUT2D eigenvalue weighted by atomic mass is 9.69. The van der Waals surface area contributed by atoms with E-state index in [9.17, 15) is 0 Å². The molecule has 21 heavy (non-hydrogen) atoms. The van der Waals surface area contributed by atoms with Gasteiger partial charge in [0.2, 0.25) is 0 Å². The summed E-state index contributed by atoms with van der Waals surface area (Å²) in [4.78, 5) is 0. The third-order valence-electron chi connectivity index (χ3n) is 4.84. The van der Waals surface area contributed by atoms with Crippen molar-refractivity contribution in [3.05, 3.63) is 35.1 Å². The van der Waals surface area contributed by atoms with Gasteiger partial charge in [-0.25, -0.2) is 0 Å². The van der Waals surface area contributed by atoms with Crippen LogP contribution in [0, 0.1) is 19.3 Å². The number of furan rings is 1. The van der Waals surface area contributed by atoms with Crippen LogP contribution in [0.2, 0.25) is 0 Å². The quantitative estimate of drug-likeness (QED) is 0.873. The molecular weight excluding hydrogens is 262 g/mol. The smallest absolute Gasteiger partial charge is 0.134 e. The van der Waals surface area contributed by atoms with E-state index in [2.05, 4.69) is 37.4 Å². The summed E-state index contributed by atoms with van der Waals surface area (Å²) in [5.74, 6) is 1.06. The normalized spacial score (nSPS) is 17.1. The first-order valence-electron chi connectivity index (χ1n) is 7.82. The summed E-state index contributed by atoms with van der Waals surface area (Å²) in [6, 6.07) is 6.37. The summed E-state index contributed by atoms with van der Waals surface area (Å²) >= 11 is 0. The summed E-state index contributed by atoms with van der Waals surface area (Å²) in [6.07, 6.45) is 3.87. The Hall–Kier alpha value is -1.32. The first-order chi connectivity index (χ1) is 10.1. The van der Waals surface area contributed by atoms with Gasteiger partial charge < -0.3 is 14.5 Å². The lowest BCUT2D eigenvalue weighted by Gasteiger charge is -2.41. The minimum atomic E-state index is 0.352. The Morgan fingerprint density at radius 2 is 2.10 bits per heavy atom. The van der Waals surface area contributed by atoms with Gasteiger partial charge in [-0.3, -0.25) is 0 Å². The second-order valence-corrected chi connectivity index (χ2v) is 6.54. The van der Waals surface area contributed by atoms with Crippen LogP contribution in [-0.4, -0.2) is 20.3 Å². The van der Waals surface area contributed by atoms with Gasteiger partial charge in [-0.2, -0.15) is 0 Å². The van der Waals surface area contributed by atoms with Crippen LogP contribution in [0.5, 0.6) is 0 Å². The van der Waals surface area contributed by atoms with E-state index in [4.69, 9.17) is 9.15 Å². The van der Waals surface area contributed by atoms with Crippen LogP contribution >= 0.6 is 0 Å². The highest BCUT2D eigenvalue weighted by Gasteiger charge is 2.36. The van der Waals surface area contributed by atoms with Gasteiger partial charge in [0.1, 0.15) is 11.3 Å². The van der Waals surface area contributed by atoms with E-state index < -0.39 is 0 Å². The first kappa shape index (κ1) is 14.6. The minimum Gasteiger partial charge on any atom is -0.459 e. The average Bonchev–Trinajstić information content (AvgIpc) is 2.73. The number of hydrogen-bond donors (Lipinski definition) is 1. The van der Waals surface area contributed by atoms with Gasteiger partial charge in [0.05, 0.1) is 13.2 Å². The third kappa shape index (κ3) is 2.85. The molecule has 0 aliphatic heterocycles. The van der Waals surface area contributed by atoms with Gasteiger partial charge in [-0.15, -0.1) is 0 Å². The molecule has 0 amide bonds. The predicted molar refractivity (Wildman–Crippen MR) is 85.6 cm³/mol. The van der Waals surface area contributed by atoms with Crippen molar-refractivity contribution >= 4 is 11.0 Å². The molecule has 3 rings (SSSR count). The largest absolute Gasteiger partial charge is 0.459 e. The molecule has 1 fully saturated rings. The molecule has 1 aromatic carbocycles. The Bertz CT molecular complexity index is 625. The van der Waals surface area contributed by atoms with E-state index in [1.807, 2.05) is 0 Å². The van der Waals surface area contributed by atoms with Gasteiger partial charge in [-0.05, 0) is 44.4 Å². The molecule has 0 atom stereocenters. The second kappa shape index (κ2) is 5.82. The second-order valence-electron chi connectivity index (χ2n) is 6.54. The Morgan fingerprint density at radius 3 is 2.76 bits per heavy atom. The van der Waals surface area contributed by atoms with Crippen molar-refractivity contribution in [2.75, 3.05) is 20.3 Å².